The summed E-state index contributed by atoms with van der Waals surface area (Å²) >= 11 is 0. The molecule has 0 bridgehead atoms. The Bertz CT molecular complexity index is 642. The van der Waals surface area contributed by atoms with Gasteiger partial charge in [0.15, 0.2) is 11.5 Å². The molecule has 1 aromatic carbocycles. The number of rotatable bonds is 4. The predicted octanol–water partition coefficient (Wildman–Crippen LogP) is 1.41. The first kappa shape index (κ1) is 16.6. The molecule has 2 heterocycles. The normalized spacial score (nSPS) is 23.0. The molecule has 0 spiro atoms. The summed E-state index contributed by atoms with van der Waals surface area (Å²) in [5, 5.41) is 9.62. The summed E-state index contributed by atoms with van der Waals surface area (Å²) in [4.78, 5) is 26.3. The van der Waals surface area contributed by atoms with Crippen LogP contribution in [0.25, 0.3) is 0 Å². The molecule has 1 N–H and O–H groups in total. The molecule has 2 aliphatic rings. The lowest BCUT2D eigenvalue weighted by Crippen LogP contribution is -2.52. The smallest absolute Gasteiger partial charge is 0.313 e. The molecule has 0 aromatic heterocycles. The van der Waals surface area contributed by atoms with E-state index in [-0.39, 0.29) is 19.1 Å². The lowest BCUT2D eigenvalue weighted by atomic mass is 9.80. The molecule has 7 nitrogen and oxygen atoms in total. The van der Waals surface area contributed by atoms with Crippen molar-refractivity contribution in [2.75, 3.05) is 40.0 Å². The fourth-order valence-corrected chi connectivity index (χ4v) is 3.35. The molecule has 1 unspecified atom stereocenters. The van der Waals surface area contributed by atoms with Crippen molar-refractivity contribution < 1.29 is 28.9 Å². The third-order valence-corrected chi connectivity index (χ3v) is 4.54. The van der Waals surface area contributed by atoms with Crippen molar-refractivity contribution in [3.05, 3.63) is 23.8 Å². The van der Waals surface area contributed by atoms with E-state index in [4.69, 9.17) is 14.2 Å². The van der Waals surface area contributed by atoms with E-state index in [2.05, 4.69) is 0 Å². The number of carbonyl (C=O) groups is 2. The summed E-state index contributed by atoms with van der Waals surface area (Å²) in [5.74, 6) is -0.187. The summed E-state index contributed by atoms with van der Waals surface area (Å²) < 4.78 is 16.2. The Morgan fingerprint density at radius 2 is 2.12 bits per heavy atom. The number of methoxy groups -OCH3 is 1. The first-order valence-corrected chi connectivity index (χ1v) is 7.98. The van der Waals surface area contributed by atoms with Crippen molar-refractivity contribution >= 4 is 11.9 Å². The highest BCUT2D eigenvalue weighted by molar-refractivity contribution is 5.98. The van der Waals surface area contributed by atoms with Crippen LogP contribution in [0, 0.1) is 5.41 Å². The van der Waals surface area contributed by atoms with Crippen LogP contribution in [0.5, 0.6) is 11.5 Å². The number of piperidine rings is 1. The second-order valence-corrected chi connectivity index (χ2v) is 6.18. The van der Waals surface area contributed by atoms with Gasteiger partial charge in [-0.05, 0) is 25.0 Å². The van der Waals surface area contributed by atoms with Crippen LogP contribution in [0.4, 0.5) is 0 Å². The molecule has 130 valence electrons. The van der Waals surface area contributed by atoms with Gasteiger partial charge in [-0.15, -0.1) is 0 Å². The maximum atomic E-state index is 12.9. The summed E-state index contributed by atoms with van der Waals surface area (Å²) in [5.41, 5.74) is -0.653. The number of carboxylic acid groups (broad SMARTS) is 1. The van der Waals surface area contributed by atoms with E-state index in [9.17, 15) is 14.7 Å². The van der Waals surface area contributed by atoms with Crippen LogP contribution in [0.3, 0.4) is 0 Å². The summed E-state index contributed by atoms with van der Waals surface area (Å²) in [6, 6.07) is 5.18. The van der Waals surface area contributed by atoms with E-state index >= 15 is 0 Å². The predicted molar refractivity (Wildman–Crippen MR) is 84.5 cm³/mol. The Morgan fingerprint density at radius 1 is 1.33 bits per heavy atom. The Labute approximate surface area is 140 Å². The number of nitrogens with zero attached hydrogens (tertiary/aromatic N) is 1. The number of amides is 1. The number of likely N-dealkylation sites (tertiary alicyclic amines) is 1. The number of carbonyl (C=O) groups excluding carboxylic acids is 1. The van der Waals surface area contributed by atoms with Gasteiger partial charge in [-0.2, -0.15) is 0 Å². The molecule has 24 heavy (non-hydrogen) atoms. The summed E-state index contributed by atoms with van der Waals surface area (Å²) in [7, 11) is 1.48. The highest BCUT2D eigenvalue weighted by atomic mass is 16.6. The lowest BCUT2D eigenvalue weighted by Gasteiger charge is -2.39. The van der Waals surface area contributed by atoms with Gasteiger partial charge in [-0.25, -0.2) is 0 Å². The number of ether oxygens (including phenoxy) is 3. The third kappa shape index (κ3) is 2.91. The highest BCUT2D eigenvalue weighted by Crippen LogP contribution is 2.36. The van der Waals surface area contributed by atoms with Gasteiger partial charge in [-0.3, -0.25) is 9.59 Å². The van der Waals surface area contributed by atoms with Gasteiger partial charge in [-0.1, -0.05) is 6.07 Å². The number of fused-ring (bicyclic) bond motifs is 1. The lowest BCUT2D eigenvalue weighted by molar-refractivity contribution is -0.155. The fraction of sp³-hybridized carbons (Fsp3) is 0.529. The molecule has 0 aliphatic carbocycles. The van der Waals surface area contributed by atoms with Crippen LogP contribution in [-0.4, -0.2) is 61.9 Å². The zero-order valence-electron chi connectivity index (χ0n) is 13.6. The quantitative estimate of drug-likeness (QED) is 0.895. The number of aliphatic carboxylic acids is 1. The monoisotopic (exact) mass is 335 g/mol. The molecule has 3 rings (SSSR count). The third-order valence-electron chi connectivity index (χ3n) is 4.54. The van der Waals surface area contributed by atoms with Gasteiger partial charge in [0.1, 0.15) is 18.6 Å². The maximum Gasteiger partial charge on any atom is 0.313 e. The second kappa shape index (κ2) is 6.68. The Hall–Kier alpha value is -2.28. The molecular formula is C17H21NO6. The zero-order valence-corrected chi connectivity index (χ0v) is 13.6. The van der Waals surface area contributed by atoms with Crippen LogP contribution < -0.4 is 9.47 Å². The topological polar surface area (TPSA) is 85.3 Å². The minimum atomic E-state index is -1.06. The zero-order chi connectivity index (χ0) is 17.2. The standard InChI is InChI=1S/C17H21NO6/c1-22-11-17(16(20)21)6-3-7-18(10-17)15(19)12-4-2-5-13-14(12)24-9-8-23-13/h2,4-5H,3,6-11H2,1H3,(H,20,21). The summed E-state index contributed by atoms with van der Waals surface area (Å²) in [6.45, 7) is 1.56. The van der Waals surface area contributed by atoms with E-state index in [1.165, 1.54) is 7.11 Å². The Kier molecular flexibility index (Phi) is 4.62. The highest BCUT2D eigenvalue weighted by Gasteiger charge is 2.44. The fourth-order valence-electron chi connectivity index (χ4n) is 3.35. The van der Waals surface area contributed by atoms with Gasteiger partial charge in [0.05, 0.1) is 12.2 Å². The van der Waals surface area contributed by atoms with Crippen molar-refractivity contribution in [3.8, 4) is 11.5 Å². The molecule has 1 atom stereocenters. The van der Waals surface area contributed by atoms with Gasteiger partial charge in [0, 0.05) is 20.2 Å². The maximum absolute atomic E-state index is 12.9. The first-order chi connectivity index (χ1) is 11.6. The minimum absolute atomic E-state index is 0.0820. The van der Waals surface area contributed by atoms with Crippen LogP contribution in [0.15, 0.2) is 18.2 Å². The van der Waals surface area contributed by atoms with E-state index in [0.29, 0.717) is 49.7 Å². The van der Waals surface area contributed by atoms with Crippen molar-refractivity contribution in [3.63, 3.8) is 0 Å². The van der Waals surface area contributed by atoms with Crippen molar-refractivity contribution in [2.45, 2.75) is 12.8 Å². The number of benzene rings is 1. The van der Waals surface area contributed by atoms with Gasteiger partial charge in [0.25, 0.3) is 5.91 Å². The molecular weight excluding hydrogens is 314 g/mol. The average Bonchev–Trinajstić information content (AvgIpc) is 2.61. The SMILES string of the molecule is COCC1(C(=O)O)CCCN(C(=O)c2cccc3c2OCCO3)C1. The summed E-state index contributed by atoms with van der Waals surface area (Å²) in [6.07, 6.45) is 1.11. The van der Waals surface area contributed by atoms with Crippen molar-refractivity contribution in [1.82, 2.24) is 4.90 Å². The number of hydrogen-bond donors (Lipinski definition) is 1. The van der Waals surface area contributed by atoms with E-state index < -0.39 is 11.4 Å². The number of para-hydroxylation sites is 1. The van der Waals surface area contributed by atoms with Gasteiger partial charge < -0.3 is 24.2 Å². The molecule has 7 heteroatoms. The Morgan fingerprint density at radius 3 is 2.88 bits per heavy atom. The van der Waals surface area contributed by atoms with E-state index in [0.717, 1.165) is 0 Å². The second-order valence-electron chi connectivity index (χ2n) is 6.18. The molecule has 1 fully saturated rings. The van der Waals surface area contributed by atoms with E-state index in [1.54, 1.807) is 23.1 Å². The molecule has 0 saturated carbocycles. The largest absolute Gasteiger partial charge is 0.486 e. The van der Waals surface area contributed by atoms with Crippen molar-refractivity contribution in [2.24, 2.45) is 5.41 Å². The van der Waals surface area contributed by atoms with Gasteiger partial charge in [0.2, 0.25) is 0 Å². The molecule has 2 aliphatic heterocycles. The van der Waals surface area contributed by atoms with Gasteiger partial charge >= 0.3 is 5.97 Å². The van der Waals surface area contributed by atoms with Crippen LogP contribution in [0.2, 0.25) is 0 Å². The molecule has 1 aromatic rings. The first-order valence-electron chi connectivity index (χ1n) is 7.98. The number of carboxylic acids is 1. The van der Waals surface area contributed by atoms with Crippen molar-refractivity contribution in [1.29, 1.82) is 0 Å². The molecule has 0 radical (unpaired) electrons. The Balaban J connectivity index is 1.86. The van der Waals surface area contributed by atoms with E-state index in [1.807, 2.05) is 0 Å². The molecule has 1 amide bonds. The minimum Gasteiger partial charge on any atom is -0.486 e. The van der Waals surface area contributed by atoms with Crippen LogP contribution in [-0.2, 0) is 9.53 Å². The van der Waals surface area contributed by atoms with Crippen LogP contribution in [0.1, 0.15) is 23.2 Å². The average molecular weight is 335 g/mol. The molecule has 1 saturated heterocycles. The van der Waals surface area contributed by atoms with Crippen LogP contribution >= 0.6 is 0 Å². The number of hydrogen-bond acceptors (Lipinski definition) is 5.